The minimum atomic E-state index is -0.0369. The molecule has 0 spiro atoms. The molecule has 0 aliphatic carbocycles. The summed E-state index contributed by atoms with van der Waals surface area (Å²) in [5.74, 6) is 5.80. The number of carbonyl (C=O) groups excluding carboxylic acids is 1. The number of aromatic hydroxyl groups is 1. The molecule has 16 heavy (non-hydrogen) atoms. The number of aldehydes is 1. The molecule has 0 saturated carbocycles. The van der Waals surface area contributed by atoms with Gasteiger partial charge in [-0.25, -0.2) is 0 Å². The average Bonchev–Trinajstić information content (AvgIpc) is 2.30. The first-order chi connectivity index (χ1) is 7.72. The lowest BCUT2D eigenvalue weighted by atomic mass is 10.1. The van der Waals surface area contributed by atoms with Crippen LogP contribution in [0.1, 0.15) is 22.3 Å². The fourth-order valence-electron chi connectivity index (χ4n) is 1.18. The molecule has 0 bridgehead atoms. The molecule has 4 heteroatoms. The van der Waals surface area contributed by atoms with Crippen LogP contribution in [-0.4, -0.2) is 25.0 Å². The van der Waals surface area contributed by atoms with Crippen molar-refractivity contribution < 1.29 is 14.6 Å². The van der Waals surface area contributed by atoms with Gasteiger partial charge >= 0.3 is 0 Å². The summed E-state index contributed by atoms with van der Waals surface area (Å²) in [5.41, 5.74) is 6.16. The summed E-state index contributed by atoms with van der Waals surface area (Å²) in [6.07, 6.45) is 1.22. The highest BCUT2D eigenvalue weighted by Gasteiger charge is 2.07. The van der Waals surface area contributed by atoms with Crippen LogP contribution in [0.5, 0.6) is 11.5 Å². The van der Waals surface area contributed by atoms with Crippen molar-refractivity contribution in [1.82, 2.24) is 0 Å². The van der Waals surface area contributed by atoms with Gasteiger partial charge in [-0.05, 0) is 6.07 Å². The first kappa shape index (κ1) is 12.1. The Kier molecular flexibility index (Phi) is 4.37. The number of phenolic OH excluding ortho intramolecular Hbond substituents is 1. The van der Waals surface area contributed by atoms with E-state index >= 15 is 0 Å². The van der Waals surface area contributed by atoms with E-state index in [-0.39, 0.29) is 11.5 Å². The van der Waals surface area contributed by atoms with Crippen molar-refractivity contribution in [3.05, 3.63) is 23.3 Å². The third-order valence-corrected chi connectivity index (χ3v) is 1.97. The summed E-state index contributed by atoms with van der Waals surface area (Å²) >= 11 is 0. The quantitative estimate of drug-likeness (QED) is 0.585. The van der Waals surface area contributed by atoms with E-state index < -0.39 is 0 Å². The number of rotatable bonds is 3. The lowest BCUT2D eigenvalue weighted by Gasteiger charge is -2.05. The summed E-state index contributed by atoms with van der Waals surface area (Å²) in [6.45, 7) is 0.464. The zero-order valence-electron chi connectivity index (χ0n) is 8.99. The summed E-state index contributed by atoms with van der Waals surface area (Å²) in [6, 6.07) is 2.86. The van der Waals surface area contributed by atoms with Gasteiger partial charge < -0.3 is 15.6 Å². The van der Waals surface area contributed by atoms with Crippen LogP contribution >= 0.6 is 0 Å². The molecule has 1 aromatic rings. The highest BCUT2D eigenvalue weighted by atomic mass is 16.5. The van der Waals surface area contributed by atoms with Gasteiger partial charge in [0.2, 0.25) is 0 Å². The second kappa shape index (κ2) is 5.79. The van der Waals surface area contributed by atoms with Crippen molar-refractivity contribution in [2.24, 2.45) is 5.73 Å². The van der Waals surface area contributed by atoms with E-state index in [1.54, 1.807) is 0 Å². The van der Waals surface area contributed by atoms with Crippen molar-refractivity contribution in [3.8, 4) is 23.3 Å². The number of nitrogens with two attached hydrogens (primary N) is 1. The van der Waals surface area contributed by atoms with Crippen molar-refractivity contribution in [3.63, 3.8) is 0 Å². The standard InChI is InChI=1S/C12H13NO3/c1-16-12-7-10(8-14)9(6-11(12)15)4-2-3-5-13/h6-8,15H,3,5,13H2,1H3. The Labute approximate surface area is 94.0 Å². The van der Waals surface area contributed by atoms with Crippen LogP contribution in [0.15, 0.2) is 12.1 Å². The van der Waals surface area contributed by atoms with E-state index in [0.717, 1.165) is 0 Å². The van der Waals surface area contributed by atoms with Crippen LogP contribution < -0.4 is 10.5 Å². The number of ether oxygens (including phenoxy) is 1. The molecular formula is C12H13NO3. The molecule has 0 amide bonds. The maximum Gasteiger partial charge on any atom is 0.161 e. The van der Waals surface area contributed by atoms with Gasteiger partial charge in [-0.1, -0.05) is 11.8 Å². The Bertz CT molecular complexity index is 444. The van der Waals surface area contributed by atoms with Gasteiger partial charge in [0.05, 0.1) is 7.11 Å². The normalized spacial score (nSPS) is 9.12. The number of hydrogen-bond donors (Lipinski definition) is 2. The van der Waals surface area contributed by atoms with Crippen LogP contribution in [0, 0.1) is 11.8 Å². The first-order valence-electron chi connectivity index (χ1n) is 4.78. The minimum Gasteiger partial charge on any atom is -0.504 e. The Morgan fingerprint density at radius 2 is 2.31 bits per heavy atom. The molecule has 0 radical (unpaired) electrons. The molecule has 3 N–H and O–H groups in total. The van der Waals surface area contributed by atoms with Gasteiger partial charge in [0.15, 0.2) is 17.8 Å². The molecule has 0 saturated heterocycles. The monoisotopic (exact) mass is 219 g/mol. The topological polar surface area (TPSA) is 72.5 Å². The van der Waals surface area contributed by atoms with E-state index in [1.165, 1.54) is 19.2 Å². The van der Waals surface area contributed by atoms with Gasteiger partial charge in [-0.2, -0.15) is 0 Å². The summed E-state index contributed by atoms with van der Waals surface area (Å²) in [7, 11) is 1.42. The Morgan fingerprint density at radius 1 is 1.56 bits per heavy atom. The minimum absolute atomic E-state index is 0.0369. The third kappa shape index (κ3) is 2.75. The molecular weight excluding hydrogens is 206 g/mol. The predicted molar refractivity (Wildman–Crippen MR) is 60.6 cm³/mol. The fraction of sp³-hybridized carbons (Fsp3) is 0.250. The second-order valence-electron chi connectivity index (χ2n) is 3.07. The van der Waals surface area contributed by atoms with Gasteiger partial charge in [0, 0.05) is 30.2 Å². The van der Waals surface area contributed by atoms with Crippen molar-refractivity contribution in [1.29, 1.82) is 0 Å². The van der Waals surface area contributed by atoms with Gasteiger partial charge in [0.25, 0.3) is 0 Å². The molecule has 0 fully saturated rings. The first-order valence-corrected chi connectivity index (χ1v) is 4.78. The zero-order valence-corrected chi connectivity index (χ0v) is 8.99. The van der Waals surface area contributed by atoms with Crippen molar-refractivity contribution in [2.75, 3.05) is 13.7 Å². The van der Waals surface area contributed by atoms with Gasteiger partial charge in [-0.15, -0.1) is 0 Å². The number of phenols is 1. The zero-order chi connectivity index (χ0) is 12.0. The van der Waals surface area contributed by atoms with Crippen LogP contribution in [-0.2, 0) is 0 Å². The Hall–Kier alpha value is -1.99. The van der Waals surface area contributed by atoms with E-state index in [0.29, 0.717) is 30.4 Å². The summed E-state index contributed by atoms with van der Waals surface area (Å²) < 4.78 is 4.89. The smallest absolute Gasteiger partial charge is 0.161 e. The average molecular weight is 219 g/mol. The SMILES string of the molecule is COc1cc(C=O)c(C#CCCN)cc1O. The number of hydrogen-bond acceptors (Lipinski definition) is 4. The lowest BCUT2D eigenvalue weighted by molar-refractivity contribution is 0.112. The lowest BCUT2D eigenvalue weighted by Crippen LogP contribution is -1.96. The number of methoxy groups -OCH3 is 1. The van der Waals surface area contributed by atoms with E-state index in [9.17, 15) is 9.90 Å². The third-order valence-electron chi connectivity index (χ3n) is 1.97. The van der Waals surface area contributed by atoms with E-state index in [1.807, 2.05) is 0 Å². The maximum atomic E-state index is 10.8. The van der Waals surface area contributed by atoms with Crippen molar-refractivity contribution in [2.45, 2.75) is 6.42 Å². The predicted octanol–water partition coefficient (Wildman–Crippen LogP) is 0.914. The highest BCUT2D eigenvalue weighted by Crippen LogP contribution is 2.28. The van der Waals surface area contributed by atoms with E-state index in [2.05, 4.69) is 11.8 Å². The Balaban J connectivity index is 3.14. The van der Waals surface area contributed by atoms with Crippen LogP contribution in [0.4, 0.5) is 0 Å². The number of carbonyl (C=O) groups is 1. The van der Waals surface area contributed by atoms with Gasteiger partial charge in [0.1, 0.15) is 0 Å². The van der Waals surface area contributed by atoms with Crippen LogP contribution in [0.25, 0.3) is 0 Å². The largest absolute Gasteiger partial charge is 0.504 e. The fourth-order valence-corrected chi connectivity index (χ4v) is 1.18. The highest BCUT2D eigenvalue weighted by molar-refractivity contribution is 5.81. The molecule has 0 atom stereocenters. The maximum absolute atomic E-state index is 10.8. The molecule has 4 nitrogen and oxygen atoms in total. The summed E-state index contributed by atoms with van der Waals surface area (Å²) in [5, 5.41) is 9.53. The van der Waals surface area contributed by atoms with Crippen LogP contribution in [0.2, 0.25) is 0 Å². The van der Waals surface area contributed by atoms with Gasteiger partial charge in [-0.3, -0.25) is 4.79 Å². The molecule has 1 aromatic carbocycles. The van der Waals surface area contributed by atoms with Crippen LogP contribution in [0.3, 0.4) is 0 Å². The second-order valence-corrected chi connectivity index (χ2v) is 3.07. The number of benzene rings is 1. The molecule has 84 valence electrons. The molecule has 0 unspecified atom stereocenters. The molecule has 0 aliphatic rings. The Morgan fingerprint density at radius 3 is 2.88 bits per heavy atom. The molecule has 0 aliphatic heterocycles. The molecule has 1 rings (SSSR count). The van der Waals surface area contributed by atoms with Crippen molar-refractivity contribution >= 4 is 6.29 Å². The van der Waals surface area contributed by atoms with E-state index in [4.69, 9.17) is 10.5 Å². The summed E-state index contributed by atoms with van der Waals surface area (Å²) in [4.78, 5) is 10.8. The molecule has 0 heterocycles. The molecule has 0 aromatic heterocycles.